The third-order valence-corrected chi connectivity index (χ3v) is 3.76. The Morgan fingerprint density at radius 1 is 0.920 bits per heavy atom. The third kappa shape index (κ3) is 3.55. The second-order valence-electron chi connectivity index (χ2n) is 5.68. The number of aryl methyl sites for hydroxylation is 2. The highest BCUT2D eigenvalue weighted by Gasteiger charge is 2.21. The molecule has 5 heteroatoms. The highest BCUT2D eigenvalue weighted by molar-refractivity contribution is 5.92. The van der Waals surface area contributed by atoms with Gasteiger partial charge in [-0.1, -0.05) is 29.8 Å². The quantitative estimate of drug-likeness (QED) is 0.505. The Balaban J connectivity index is 1.90. The van der Waals surface area contributed by atoms with Gasteiger partial charge in [-0.3, -0.25) is 4.98 Å². The summed E-state index contributed by atoms with van der Waals surface area (Å²) in [5, 5.41) is 0. The third-order valence-electron chi connectivity index (χ3n) is 3.76. The standard InChI is InChI=1S/C20H15F2NO2/c1-12-3-7-15(8-4-12)25-20(24)17-10-9-16(18(21)19(17)22)14-6-5-13(2)23-11-14/h3-11H,1-2H3. The van der Waals surface area contributed by atoms with Gasteiger partial charge in [-0.15, -0.1) is 0 Å². The molecule has 1 heterocycles. The molecule has 0 aliphatic carbocycles. The van der Waals surface area contributed by atoms with E-state index in [1.165, 1.54) is 18.3 Å². The van der Waals surface area contributed by atoms with E-state index in [4.69, 9.17) is 4.74 Å². The van der Waals surface area contributed by atoms with Crippen molar-refractivity contribution in [1.29, 1.82) is 0 Å². The van der Waals surface area contributed by atoms with Crippen LogP contribution in [0.1, 0.15) is 21.6 Å². The van der Waals surface area contributed by atoms with E-state index in [1.54, 1.807) is 43.3 Å². The number of carbonyl (C=O) groups is 1. The zero-order valence-corrected chi connectivity index (χ0v) is 13.7. The van der Waals surface area contributed by atoms with Crippen LogP contribution < -0.4 is 4.74 Å². The topological polar surface area (TPSA) is 39.2 Å². The molecule has 0 N–H and O–H groups in total. The number of carbonyl (C=O) groups excluding carboxylic acids is 1. The first kappa shape index (κ1) is 16.8. The summed E-state index contributed by atoms with van der Waals surface area (Å²) in [5.74, 6) is -3.03. The molecule has 0 saturated carbocycles. The van der Waals surface area contributed by atoms with Gasteiger partial charge in [0.2, 0.25) is 0 Å². The lowest BCUT2D eigenvalue weighted by Gasteiger charge is -2.09. The minimum absolute atomic E-state index is 0.0388. The maximum absolute atomic E-state index is 14.4. The molecule has 25 heavy (non-hydrogen) atoms. The summed E-state index contributed by atoms with van der Waals surface area (Å²) in [6.45, 7) is 3.68. The van der Waals surface area contributed by atoms with Crippen molar-refractivity contribution in [3.8, 4) is 16.9 Å². The van der Waals surface area contributed by atoms with Crippen molar-refractivity contribution in [2.24, 2.45) is 0 Å². The van der Waals surface area contributed by atoms with E-state index in [-0.39, 0.29) is 11.3 Å². The van der Waals surface area contributed by atoms with Crippen LogP contribution in [0.3, 0.4) is 0 Å². The van der Waals surface area contributed by atoms with Crippen LogP contribution in [0.4, 0.5) is 8.78 Å². The molecule has 3 aromatic rings. The predicted molar refractivity (Wildman–Crippen MR) is 90.5 cm³/mol. The summed E-state index contributed by atoms with van der Waals surface area (Å²) in [6.07, 6.45) is 1.46. The first-order chi connectivity index (χ1) is 12.0. The lowest BCUT2D eigenvalue weighted by atomic mass is 10.0. The van der Waals surface area contributed by atoms with Crippen molar-refractivity contribution in [2.75, 3.05) is 0 Å². The van der Waals surface area contributed by atoms with E-state index in [1.807, 2.05) is 6.92 Å². The molecule has 2 aromatic carbocycles. The van der Waals surface area contributed by atoms with Crippen molar-refractivity contribution >= 4 is 5.97 Å². The molecule has 0 aliphatic heterocycles. The van der Waals surface area contributed by atoms with Gasteiger partial charge in [-0.2, -0.15) is 0 Å². The number of pyridine rings is 1. The minimum atomic E-state index is -1.24. The average molecular weight is 339 g/mol. The van der Waals surface area contributed by atoms with Crippen LogP contribution in [0.5, 0.6) is 5.75 Å². The molecule has 126 valence electrons. The Bertz CT molecular complexity index is 920. The molecule has 0 radical (unpaired) electrons. The van der Waals surface area contributed by atoms with Crippen LogP contribution >= 0.6 is 0 Å². The monoisotopic (exact) mass is 339 g/mol. The zero-order valence-electron chi connectivity index (χ0n) is 13.7. The normalized spacial score (nSPS) is 10.6. The number of hydrogen-bond donors (Lipinski definition) is 0. The highest BCUT2D eigenvalue weighted by Crippen LogP contribution is 2.27. The first-order valence-electron chi connectivity index (χ1n) is 7.65. The van der Waals surface area contributed by atoms with E-state index in [2.05, 4.69) is 4.98 Å². The summed E-state index contributed by atoms with van der Waals surface area (Å²) < 4.78 is 33.8. The van der Waals surface area contributed by atoms with Crippen molar-refractivity contribution in [3.05, 3.63) is 83.2 Å². The van der Waals surface area contributed by atoms with Gasteiger partial charge in [0.05, 0.1) is 5.56 Å². The number of ether oxygens (including phenoxy) is 1. The second kappa shape index (κ2) is 6.81. The summed E-state index contributed by atoms with van der Waals surface area (Å²) in [5.41, 5.74) is 1.77. The smallest absolute Gasteiger partial charge is 0.346 e. The van der Waals surface area contributed by atoms with Crippen LogP contribution in [0.25, 0.3) is 11.1 Å². The lowest BCUT2D eigenvalue weighted by Crippen LogP contribution is -2.12. The molecule has 0 amide bonds. The molecule has 0 aliphatic rings. The fraction of sp³-hybridized carbons (Fsp3) is 0.100. The molecule has 0 spiro atoms. The van der Waals surface area contributed by atoms with E-state index >= 15 is 0 Å². The van der Waals surface area contributed by atoms with Gasteiger partial charge in [0.1, 0.15) is 5.75 Å². The van der Waals surface area contributed by atoms with Gasteiger partial charge >= 0.3 is 5.97 Å². The summed E-state index contributed by atoms with van der Waals surface area (Å²) in [7, 11) is 0. The molecule has 3 nitrogen and oxygen atoms in total. The molecular weight excluding hydrogens is 324 g/mol. The molecule has 1 aromatic heterocycles. The Morgan fingerprint density at radius 3 is 2.28 bits per heavy atom. The Labute approximate surface area is 143 Å². The van der Waals surface area contributed by atoms with Gasteiger partial charge in [-0.05, 0) is 38.1 Å². The number of aromatic nitrogens is 1. The fourth-order valence-corrected chi connectivity index (χ4v) is 2.33. The van der Waals surface area contributed by atoms with Gasteiger partial charge in [0.15, 0.2) is 11.6 Å². The summed E-state index contributed by atoms with van der Waals surface area (Å²) in [4.78, 5) is 16.2. The van der Waals surface area contributed by atoms with Crippen LogP contribution in [-0.2, 0) is 0 Å². The van der Waals surface area contributed by atoms with Crippen LogP contribution in [-0.4, -0.2) is 11.0 Å². The fourth-order valence-electron chi connectivity index (χ4n) is 2.33. The highest BCUT2D eigenvalue weighted by atomic mass is 19.2. The SMILES string of the molecule is Cc1ccc(OC(=O)c2ccc(-c3ccc(C)nc3)c(F)c2F)cc1. The average Bonchev–Trinajstić information content (AvgIpc) is 2.60. The van der Waals surface area contributed by atoms with E-state index in [0.717, 1.165) is 11.3 Å². The molecule has 0 saturated heterocycles. The van der Waals surface area contributed by atoms with Crippen LogP contribution in [0.15, 0.2) is 54.7 Å². The van der Waals surface area contributed by atoms with Gasteiger partial charge < -0.3 is 4.74 Å². The van der Waals surface area contributed by atoms with Crippen molar-refractivity contribution in [1.82, 2.24) is 4.98 Å². The lowest BCUT2D eigenvalue weighted by molar-refractivity contribution is 0.0728. The van der Waals surface area contributed by atoms with Crippen molar-refractivity contribution in [3.63, 3.8) is 0 Å². The first-order valence-corrected chi connectivity index (χ1v) is 7.65. The summed E-state index contributed by atoms with van der Waals surface area (Å²) >= 11 is 0. The maximum atomic E-state index is 14.4. The number of nitrogens with zero attached hydrogens (tertiary/aromatic N) is 1. The minimum Gasteiger partial charge on any atom is -0.423 e. The number of esters is 1. The van der Waals surface area contributed by atoms with Crippen molar-refractivity contribution in [2.45, 2.75) is 13.8 Å². The van der Waals surface area contributed by atoms with Gasteiger partial charge in [0.25, 0.3) is 0 Å². The molecule has 0 unspecified atom stereocenters. The van der Waals surface area contributed by atoms with Gasteiger partial charge in [0, 0.05) is 23.0 Å². The number of benzene rings is 2. The zero-order chi connectivity index (χ0) is 18.0. The predicted octanol–water partition coefficient (Wildman–Crippen LogP) is 4.86. The van der Waals surface area contributed by atoms with E-state index in [9.17, 15) is 13.6 Å². The largest absolute Gasteiger partial charge is 0.423 e. The van der Waals surface area contributed by atoms with Crippen LogP contribution in [0.2, 0.25) is 0 Å². The van der Waals surface area contributed by atoms with E-state index in [0.29, 0.717) is 5.56 Å². The Hall–Kier alpha value is -3.08. The van der Waals surface area contributed by atoms with Crippen LogP contribution in [0, 0.1) is 25.5 Å². The maximum Gasteiger partial charge on any atom is 0.346 e. The molecule has 0 fully saturated rings. The Morgan fingerprint density at radius 2 is 1.64 bits per heavy atom. The molecular formula is C20H15F2NO2. The van der Waals surface area contributed by atoms with E-state index < -0.39 is 23.2 Å². The number of halogens is 2. The Kier molecular flexibility index (Phi) is 4.57. The number of hydrogen-bond acceptors (Lipinski definition) is 3. The molecule has 0 bridgehead atoms. The molecule has 3 rings (SSSR count). The van der Waals surface area contributed by atoms with Gasteiger partial charge in [-0.25, -0.2) is 13.6 Å². The molecule has 0 atom stereocenters. The second-order valence-corrected chi connectivity index (χ2v) is 5.68. The number of rotatable bonds is 3. The summed E-state index contributed by atoms with van der Waals surface area (Å²) in [6, 6.07) is 12.6. The van der Waals surface area contributed by atoms with Crippen molar-refractivity contribution < 1.29 is 18.3 Å².